The van der Waals surface area contributed by atoms with E-state index in [-0.39, 0.29) is 10.8 Å². The van der Waals surface area contributed by atoms with Gasteiger partial charge in [0.15, 0.2) is 0 Å². The molecule has 0 saturated heterocycles. The average molecular weight is 838 g/mol. The fraction of sp³-hybridized carbons (Fsp3) is 0.161. The summed E-state index contributed by atoms with van der Waals surface area (Å²) in [6.07, 6.45) is 5.34. The summed E-state index contributed by atoms with van der Waals surface area (Å²) in [4.78, 5) is 2.58. The SMILES string of the molecule is CC1(C)c2ccccc2-c2cccc(-c3ccccc3-c3ccc(N(c4ccc5c(c4)C4(CC6CCC4C6)c4ccccc4-5)c4cccc5sc6c7ccccc7ccc6c45)cc3)c21. The van der Waals surface area contributed by atoms with Crippen LogP contribution < -0.4 is 4.90 Å². The molecule has 1 nitrogen and oxygen atoms in total. The minimum Gasteiger partial charge on any atom is -0.310 e. The molecule has 2 saturated carbocycles. The van der Waals surface area contributed by atoms with Crippen LogP contribution in [-0.4, -0.2) is 0 Å². The van der Waals surface area contributed by atoms with Gasteiger partial charge in [0.1, 0.15) is 0 Å². The summed E-state index contributed by atoms with van der Waals surface area (Å²) in [5, 5.41) is 5.26. The predicted octanol–water partition coefficient (Wildman–Crippen LogP) is 17.4. The monoisotopic (exact) mass is 837 g/mol. The number of rotatable bonds is 5. The van der Waals surface area contributed by atoms with Crippen molar-refractivity contribution in [1.82, 2.24) is 0 Å². The molecule has 9 aromatic carbocycles. The molecule has 0 N–H and O–H groups in total. The van der Waals surface area contributed by atoms with Gasteiger partial charge in [-0.15, -0.1) is 11.3 Å². The zero-order valence-electron chi connectivity index (χ0n) is 36.2. The molecule has 10 aromatic rings. The summed E-state index contributed by atoms with van der Waals surface area (Å²) >= 11 is 1.92. The summed E-state index contributed by atoms with van der Waals surface area (Å²) in [6.45, 7) is 4.78. The molecule has 2 fully saturated rings. The van der Waals surface area contributed by atoms with Crippen LogP contribution >= 0.6 is 11.3 Å². The van der Waals surface area contributed by atoms with E-state index >= 15 is 0 Å². The highest BCUT2D eigenvalue weighted by atomic mass is 32.1. The van der Waals surface area contributed by atoms with Crippen molar-refractivity contribution in [3.63, 3.8) is 0 Å². The van der Waals surface area contributed by atoms with Crippen molar-refractivity contribution in [2.75, 3.05) is 4.90 Å². The summed E-state index contributed by atoms with van der Waals surface area (Å²) in [5.41, 5.74) is 20.2. The van der Waals surface area contributed by atoms with Gasteiger partial charge in [0.2, 0.25) is 0 Å². The minimum atomic E-state index is -0.104. The van der Waals surface area contributed by atoms with Crippen molar-refractivity contribution < 1.29 is 0 Å². The second-order valence-corrected chi connectivity index (χ2v) is 20.6. The number of hydrogen-bond donors (Lipinski definition) is 0. The molecule has 1 spiro atoms. The molecule has 2 heteroatoms. The zero-order chi connectivity index (χ0) is 42.3. The third kappa shape index (κ3) is 4.95. The maximum atomic E-state index is 2.61. The number of anilines is 3. The van der Waals surface area contributed by atoms with Crippen molar-refractivity contribution in [2.24, 2.45) is 11.8 Å². The molecular formula is C62H47NS. The number of nitrogens with zero attached hydrogens (tertiary/aromatic N) is 1. The summed E-state index contributed by atoms with van der Waals surface area (Å²) in [5.74, 6) is 1.52. The molecule has 1 heterocycles. The van der Waals surface area contributed by atoms with Gasteiger partial charge in [-0.3, -0.25) is 0 Å². The smallest absolute Gasteiger partial charge is 0.0554 e. The lowest BCUT2D eigenvalue weighted by Crippen LogP contribution is -2.32. The average Bonchev–Trinajstić information content (AvgIpc) is 4.16. The highest BCUT2D eigenvalue weighted by molar-refractivity contribution is 7.26. The molecule has 64 heavy (non-hydrogen) atoms. The fourth-order valence-electron chi connectivity index (χ4n) is 13.5. The Balaban J connectivity index is 0.955. The first-order valence-electron chi connectivity index (χ1n) is 23.3. The van der Waals surface area contributed by atoms with E-state index in [2.05, 4.69) is 207 Å². The van der Waals surface area contributed by atoms with Crippen LogP contribution in [0.15, 0.2) is 188 Å². The van der Waals surface area contributed by atoms with Gasteiger partial charge in [0, 0.05) is 42.4 Å². The van der Waals surface area contributed by atoms with Gasteiger partial charge in [-0.1, -0.05) is 172 Å². The van der Waals surface area contributed by atoms with E-state index in [4.69, 9.17) is 0 Å². The first-order valence-corrected chi connectivity index (χ1v) is 24.1. The maximum absolute atomic E-state index is 2.61. The lowest BCUT2D eigenvalue weighted by atomic mass is 9.67. The highest BCUT2D eigenvalue weighted by Crippen LogP contribution is 2.66. The number of fused-ring (bicyclic) bond motifs is 16. The molecule has 3 unspecified atom stereocenters. The van der Waals surface area contributed by atoms with Gasteiger partial charge >= 0.3 is 0 Å². The van der Waals surface area contributed by atoms with Gasteiger partial charge in [-0.25, -0.2) is 0 Å². The maximum Gasteiger partial charge on any atom is 0.0554 e. The molecule has 0 aliphatic heterocycles. The van der Waals surface area contributed by atoms with Crippen molar-refractivity contribution in [3.05, 3.63) is 210 Å². The Labute approximate surface area is 379 Å². The highest BCUT2D eigenvalue weighted by Gasteiger charge is 2.56. The molecule has 0 radical (unpaired) electrons. The van der Waals surface area contributed by atoms with Crippen LogP contribution in [0.2, 0.25) is 0 Å². The number of benzene rings is 9. The Hall–Kier alpha value is -6.74. The third-order valence-corrected chi connectivity index (χ3v) is 17.3. The topological polar surface area (TPSA) is 3.24 Å². The van der Waals surface area contributed by atoms with Crippen LogP contribution in [-0.2, 0) is 10.8 Å². The van der Waals surface area contributed by atoms with Crippen LogP contribution in [0.25, 0.3) is 75.5 Å². The van der Waals surface area contributed by atoms with Crippen molar-refractivity contribution in [2.45, 2.75) is 50.4 Å². The van der Waals surface area contributed by atoms with Gasteiger partial charge in [-0.05, 0) is 145 Å². The quantitative estimate of drug-likeness (QED) is 0.167. The molecule has 0 amide bonds. The van der Waals surface area contributed by atoms with Crippen molar-refractivity contribution in [1.29, 1.82) is 0 Å². The van der Waals surface area contributed by atoms with Crippen LogP contribution in [0.4, 0.5) is 17.1 Å². The molecule has 4 aliphatic carbocycles. The lowest BCUT2D eigenvalue weighted by molar-refractivity contribution is 0.327. The second-order valence-electron chi connectivity index (χ2n) is 19.6. The van der Waals surface area contributed by atoms with Crippen LogP contribution in [0, 0.1) is 11.8 Å². The normalized spacial score (nSPS) is 19.7. The van der Waals surface area contributed by atoms with E-state index in [0.717, 1.165) is 5.92 Å². The molecule has 3 atom stereocenters. The minimum absolute atomic E-state index is 0.0949. The Morgan fingerprint density at radius 2 is 1.16 bits per heavy atom. The van der Waals surface area contributed by atoms with E-state index in [1.165, 1.54) is 129 Å². The molecule has 1 aromatic heterocycles. The second kappa shape index (κ2) is 13.4. The predicted molar refractivity (Wildman–Crippen MR) is 272 cm³/mol. The van der Waals surface area contributed by atoms with Gasteiger partial charge in [-0.2, -0.15) is 0 Å². The largest absolute Gasteiger partial charge is 0.310 e. The third-order valence-electron chi connectivity index (χ3n) is 16.1. The number of thiophene rings is 1. The van der Waals surface area contributed by atoms with E-state index in [9.17, 15) is 0 Å². The fourth-order valence-corrected chi connectivity index (χ4v) is 14.8. The summed E-state index contributed by atoms with van der Waals surface area (Å²) < 4.78 is 2.68. The first-order chi connectivity index (χ1) is 31.5. The van der Waals surface area contributed by atoms with Gasteiger partial charge in [0.05, 0.1) is 5.69 Å². The van der Waals surface area contributed by atoms with Crippen molar-refractivity contribution >= 4 is 59.3 Å². The Bertz CT molecular complexity index is 3570. The number of hydrogen-bond acceptors (Lipinski definition) is 2. The summed E-state index contributed by atoms with van der Waals surface area (Å²) in [6, 6.07) is 71.7. The van der Waals surface area contributed by atoms with Crippen molar-refractivity contribution in [3.8, 4) is 44.5 Å². The van der Waals surface area contributed by atoms with E-state index in [1.54, 1.807) is 11.1 Å². The molecule has 14 rings (SSSR count). The molecular weight excluding hydrogens is 791 g/mol. The molecule has 306 valence electrons. The Morgan fingerprint density at radius 3 is 1.95 bits per heavy atom. The standard InChI is InChI=1S/C62H47NS/c1-61(2)53-21-9-7-18-48(53)51-20-11-19-50(59(51)61)46-16-6-5-14-44(46)40-26-30-42(31-27-40)63(56-23-12-24-57-58(56)52-33-28-39-13-3-4-15-45(39)60(52)64-57)43-32-34-49-47-17-8-10-22-54(47)62(55(49)36-43)37-38-25-29-41(62)35-38/h3-24,26-28,30-34,36,38,41H,25,29,35,37H2,1-2H3. The first kappa shape index (κ1) is 36.7. The van der Waals surface area contributed by atoms with Crippen LogP contribution in [0.5, 0.6) is 0 Å². The van der Waals surface area contributed by atoms with E-state index in [0.29, 0.717) is 5.92 Å². The Kier molecular flexibility index (Phi) is 7.68. The molecule has 2 bridgehead atoms. The van der Waals surface area contributed by atoms with E-state index in [1.807, 2.05) is 11.3 Å². The van der Waals surface area contributed by atoms with Crippen LogP contribution in [0.3, 0.4) is 0 Å². The molecule has 4 aliphatic rings. The van der Waals surface area contributed by atoms with E-state index < -0.39 is 0 Å². The van der Waals surface area contributed by atoms with Crippen LogP contribution in [0.1, 0.15) is 61.8 Å². The Morgan fingerprint density at radius 1 is 0.500 bits per heavy atom. The zero-order valence-corrected chi connectivity index (χ0v) is 37.1. The lowest BCUT2D eigenvalue weighted by Gasteiger charge is -2.37. The summed E-state index contributed by atoms with van der Waals surface area (Å²) in [7, 11) is 0. The van der Waals surface area contributed by atoms with Gasteiger partial charge < -0.3 is 4.90 Å². The van der Waals surface area contributed by atoms with Gasteiger partial charge in [0.25, 0.3) is 0 Å².